The molecule has 2 N–H and O–H groups in total. The number of nitrogens with one attached hydrogen (secondary N) is 2. The summed E-state index contributed by atoms with van der Waals surface area (Å²) >= 11 is 0. The summed E-state index contributed by atoms with van der Waals surface area (Å²) in [6.45, 7) is -1.00. The Hall–Kier alpha value is -4.08. The van der Waals surface area contributed by atoms with Gasteiger partial charge in [-0.1, -0.05) is 18.2 Å². The zero-order chi connectivity index (χ0) is 21.7. The van der Waals surface area contributed by atoms with Crippen molar-refractivity contribution in [2.24, 2.45) is 7.05 Å². The molecule has 0 aliphatic rings. The summed E-state index contributed by atoms with van der Waals surface area (Å²) in [6.07, 6.45) is 0. The maximum Gasteiger partial charge on any atom is 0.359 e. The number of aromatic nitrogens is 2. The predicted octanol–water partition coefficient (Wildman–Crippen LogP) is 0.984. The second-order valence-electron chi connectivity index (χ2n) is 6.23. The van der Waals surface area contributed by atoms with Gasteiger partial charge < -0.3 is 15.4 Å². The van der Waals surface area contributed by atoms with Crippen molar-refractivity contribution in [3.05, 3.63) is 70.4 Å². The number of benzene rings is 2. The van der Waals surface area contributed by atoms with Crippen molar-refractivity contribution >= 4 is 34.2 Å². The minimum absolute atomic E-state index is 0.102. The van der Waals surface area contributed by atoms with Crippen molar-refractivity contribution in [3.8, 4) is 0 Å². The second-order valence-corrected chi connectivity index (χ2v) is 6.23. The molecule has 0 spiro atoms. The van der Waals surface area contributed by atoms with Crippen molar-refractivity contribution in [2.75, 3.05) is 18.5 Å². The second kappa shape index (κ2) is 8.95. The van der Waals surface area contributed by atoms with Crippen LogP contribution in [0.15, 0.2) is 53.3 Å². The summed E-state index contributed by atoms with van der Waals surface area (Å²) in [5.74, 6) is -2.56. The molecular formula is C20H17FN4O5. The topological polar surface area (TPSA) is 119 Å². The third-order valence-electron chi connectivity index (χ3n) is 4.06. The third kappa shape index (κ3) is 4.85. The quantitative estimate of drug-likeness (QED) is 0.583. The van der Waals surface area contributed by atoms with Crippen LogP contribution < -0.4 is 16.2 Å². The van der Waals surface area contributed by atoms with E-state index in [9.17, 15) is 23.6 Å². The van der Waals surface area contributed by atoms with Gasteiger partial charge in [-0.15, -0.1) is 0 Å². The fourth-order valence-corrected chi connectivity index (χ4v) is 2.62. The zero-order valence-corrected chi connectivity index (χ0v) is 15.8. The van der Waals surface area contributed by atoms with Gasteiger partial charge in [0.05, 0.1) is 11.9 Å². The van der Waals surface area contributed by atoms with E-state index in [-0.39, 0.29) is 17.8 Å². The summed E-state index contributed by atoms with van der Waals surface area (Å²) in [5, 5.41) is 9.30. The molecule has 2 aromatic carbocycles. The van der Waals surface area contributed by atoms with Gasteiger partial charge in [0.15, 0.2) is 12.3 Å². The Labute approximate surface area is 169 Å². The van der Waals surface area contributed by atoms with Crippen molar-refractivity contribution in [2.45, 2.75) is 0 Å². The number of esters is 1. The van der Waals surface area contributed by atoms with Crippen LogP contribution in [0.5, 0.6) is 0 Å². The Kier molecular flexibility index (Phi) is 6.16. The van der Waals surface area contributed by atoms with Crippen molar-refractivity contribution < 1.29 is 23.5 Å². The molecule has 3 aromatic rings. The molecule has 0 unspecified atom stereocenters. The van der Waals surface area contributed by atoms with Gasteiger partial charge in [0, 0.05) is 18.1 Å². The minimum atomic E-state index is -0.882. The van der Waals surface area contributed by atoms with Crippen LogP contribution in [-0.2, 0) is 21.4 Å². The zero-order valence-electron chi connectivity index (χ0n) is 15.8. The number of hydrogen-bond acceptors (Lipinski definition) is 6. The molecule has 0 atom stereocenters. The summed E-state index contributed by atoms with van der Waals surface area (Å²) in [5.41, 5.74) is -0.101. The van der Waals surface area contributed by atoms with E-state index in [0.717, 1.165) is 4.68 Å². The highest BCUT2D eigenvalue weighted by atomic mass is 19.1. The Morgan fingerprint density at radius 1 is 1.03 bits per heavy atom. The van der Waals surface area contributed by atoms with Crippen LogP contribution in [-0.4, -0.2) is 40.7 Å². The lowest BCUT2D eigenvalue weighted by Crippen LogP contribution is -2.35. The predicted molar refractivity (Wildman–Crippen MR) is 105 cm³/mol. The Bertz CT molecular complexity index is 1170. The SMILES string of the molecule is Cn1nc(C(=O)OCC(=O)NCC(=O)Nc2ccc(F)cc2)c2ccccc2c1=O. The lowest BCUT2D eigenvalue weighted by atomic mass is 10.1. The Balaban J connectivity index is 1.55. The van der Waals surface area contributed by atoms with E-state index in [4.69, 9.17) is 4.74 Å². The number of aryl methyl sites for hydroxylation is 1. The number of ether oxygens (including phenoxy) is 1. The largest absolute Gasteiger partial charge is 0.451 e. The number of anilines is 1. The van der Waals surface area contributed by atoms with Crippen molar-refractivity contribution in [1.29, 1.82) is 0 Å². The van der Waals surface area contributed by atoms with Gasteiger partial charge in [-0.05, 0) is 30.3 Å². The molecule has 2 amide bonds. The van der Waals surface area contributed by atoms with Crippen LogP contribution in [0.1, 0.15) is 10.5 Å². The van der Waals surface area contributed by atoms with Crippen molar-refractivity contribution in [1.82, 2.24) is 15.1 Å². The highest BCUT2D eigenvalue weighted by Crippen LogP contribution is 2.14. The summed E-state index contributed by atoms with van der Waals surface area (Å²) < 4.78 is 18.8. The monoisotopic (exact) mass is 412 g/mol. The number of fused-ring (bicyclic) bond motifs is 1. The first-order valence-corrected chi connectivity index (χ1v) is 8.80. The number of rotatable bonds is 6. The number of carbonyl (C=O) groups excluding carboxylic acids is 3. The third-order valence-corrected chi connectivity index (χ3v) is 4.06. The van der Waals surface area contributed by atoms with Crippen LogP contribution in [0.25, 0.3) is 10.8 Å². The molecule has 1 heterocycles. The lowest BCUT2D eigenvalue weighted by molar-refractivity contribution is -0.126. The molecule has 3 rings (SSSR count). The Morgan fingerprint density at radius 2 is 1.70 bits per heavy atom. The number of nitrogens with zero attached hydrogens (tertiary/aromatic N) is 2. The maximum absolute atomic E-state index is 12.8. The molecule has 0 aliphatic heterocycles. The standard InChI is InChI=1S/C20H17FN4O5/c1-25-19(28)15-5-3-2-4-14(15)18(24-25)20(29)30-11-17(27)22-10-16(26)23-13-8-6-12(21)7-9-13/h2-9H,10-11H2,1H3,(H,22,27)(H,23,26). The van der Waals surface area contributed by atoms with E-state index in [1.807, 2.05) is 0 Å². The molecular weight excluding hydrogens is 395 g/mol. The number of carbonyl (C=O) groups is 3. The highest BCUT2D eigenvalue weighted by molar-refractivity contribution is 6.02. The molecule has 0 saturated heterocycles. The van der Waals surface area contributed by atoms with Gasteiger partial charge in [0.2, 0.25) is 5.91 Å². The number of amides is 2. The number of hydrogen-bond donors (Lipinski definition) is 2. The maximum atomic E-state index is 12.8. The van der Waals surface area contributed by atoms with Crippen molar-refractivity contribution in [3.63, 3.8) is 0 Å². The molecule has 0 saturated carbocycles. The fraction of sp³-hybridized carbons (Fsp3) is 0.150. The normalized spacial score (nSPS) is 10.5. The lowest BCUT2D eigenvalue weighted by Gasteiger charge is -2.09. The molecule has 0 fully saturated rings. The van der Waals surface area contributed by atoms with Crippen LogP contribution in [0.4, 0.5) is 10.1 Å². The molecule has 9 nitrogen and oxygen atoms in total. The molecule has 10 heteroatoms. The molecule has 30 heavy (non-hydrogen) atoms. The van der Waals surface area contributed by atoms with Gasteiger partial charge in [-0.3, -0.25) is 14.4 Å². The Morgan fingerprint density at radius 3 is 2.40 bits per heavy atom. The molecule has 0 bridgehead atoms. The van der Waals surface area contributed by atoms with Gasteiger partial charge >= 0.3 is 5.97 Å². The van der Waals surface area contributed by atoms with E-state index in [0.29, 0.717) is 16.5 Å². The molecule has 1 aromatic heterocycles. The van der Waals surface area contributed by atoms with Crippen LogP contribution in [0.2, 0.25) is 0 Å². The first kappa shape index (κ1) is 20.6. The van der Waals surface area contributed by atoms with Crippen LogP contribution in [0.3, 0.4) is 0 Å². The fourth-order valence-electron chi connectivity index (χ4n) is 2.62. The van der Waals surface area contributed by atoms with Crippen LogP contribution >= 0.6 is 0 Å². The number of halogens is 1. The highest BCUT2D eigenvalue weighted by Gasteiger charge is 2.18. The molecule has 0 aliphatic carbocycles. The van der Waals surface area contributed by atoms with Gasteiger partial charge in [0.1, 0.15) is 5.82 Å². The smallest absolute Gasteiger partial charge is 0.359 e. The first-order valence-electron chi connectivity index (χ1n) is 8.80. The molecule has 0 radical (unpaired) electrons. The van der Waals surface area contributed by atoms with E-state index in [1.165, 1.54) is 31.3 Å². The van der Waals surface area contributed by atoms with Gasteiger partial charge in [-0.2, -0.15) is 5.10 Å². The summed E-state index contributed by atoms with van der Waals surface area (Å²) in [4.78, 5) is 48.1. The van der Waals surface area contributed by atoms with E-state index < -0.39 is 30.2 Å². The van der Waals surface area contributed by atoms with Crippen LogP contribution in [0, 0.1) is 5.82 Å². The summed E-state index contributed by atoms with van der Waals surface area (Å²) in [7, 11) is 1.40. The van der Waals surface area contributed by atoms with E-state index in [1.54, 1.807) is 24.3 Å². The van der Waals surface area contributed by atoms with E-state index >= 15 is 0 Å². The first-order chi connectivity index (χ1) is 14.3. The minimum Gasteiger partial charge on any atom is -0.451 e. The average Bonchev–Trinajstić information content (AvgIpc) is 2.74. The summed E-state index contributed by atoms with van der Waals surface area (Å²) in [6, 6.07) is 11.5. The van der Waals surface area contributed by atoms with Gasteiger partial charge in [0.25, 0.3) is 11.5 Å². The van der Waals surface area contributed by atoms with E-state index in [2.05, 4.69) is 15.7 Å². The molecule has 154 valence electrons. The van der Waals surface area contributed by atoms with Gasteiger partial charge in [-0.25, -0.2) is 13.9 Å². The average molecular weight is 412 g/mol.